The topological polar surface area (TPSA) is 84.5 Å². The third kappa shape index (κ3) is 6.66. The predicted octanol–water partition coefficient (Wildman–Crippen LogP) is 4.74. The molecule has 0 aromatic heterocycles. The fourth-order valence-corrected chi connectivity index (χ4v) is 4.77. The maximum atomic E-state index is 12.7. The zero-order valence-corrected chi connectivity index (χ0v) is 20.2. The van der Waals surface area contributed by atoms with Crippen LogP contribution in [0.1, 0.15) is 37.1 Å². The van der Waals surface area contributed by atoms with Gasteiger partial charge in [-0.15, -0.1) is 0 Å². The lowest BCUT2D eigenvalue weighted by Gasteiger charge is -2.16. The zero-order chi connectivity index (χ0) is 23.1. The van der Waals surface area contributed by atoms with Crippen LogP contribution in [0.25, 0.3) is 0 Å². The molecular formula is C24H25BrN2O4S. The largest absolute Gasteiger partial charge is 0.484 e. The molecule has 2 atom stereocenters. The number of benzene rings is 3. The van der Waals surface area contributed by atoms with E-state index < -0.39 is 10.0 Å². The number of nitrogens with one attached hydrogen (secondary N) is 2. The van der Waals surface area contributed by atoms with Crippen LogP contribution in [0.15, 0.2) is 88.2 Å². The van der Waals surface area contributed by atoms with Crippen LogP contribution in [0.3, 0.4) is 0 Å². The Labute approximate surface area is 197 Å². The van der Waals surface area contributed by atoms with Gasteiger partial charge in [-0.1, -0.05) is 58.4 Å². The summed E-state index contributed by atoms with van der Waals surface area (Å²) < 4.78 is 34.4. The lowest BCUT2D eigenvalue weighted by atomic mass is 10.1. The lowest BCUT2D eigenvalue weighted by molar-refractivity contribution is -0.123. The van der Waals surface area contributed by atoms with Crippen molar-refractivity contribution in [2.24, 2.45) is 0 Å². The Kier molecular flexibility index (Phi) is 8.06. The van der Waals surface area contributed by atoms with Gasteiger partial charge >= 0.3 is 0 Å². The first-order chi connectivity index (χ1) is 15.2. The van der Waals surface area contributed by atoms with Gasteiger partial charge in [0.2, 0.25) is 10.0 Å². The number of carbonyl (C=O) groups is 1. The van der Waals surface area contributed by atoms with Gasteiger partial charge in [0.15, 0.2) is 6.61 Å². The molecule has 0 spiro atoms. The fraction of sp³-hybridized carbons (Fsp3) is 0.208. The van der Waals surface area contributed by atoms with E-state index in [9.17, 15) is 13.2 Å². The fourth-order valence-electron chi connectivity index (χ4n) is 3.12. The van der Waals surface area contributed by atoms with E-state index in [1.807, 2.05) is 61.5 Å². The average molecular weight is 517 g/mol. The summed E-state index contributed by atoms with van der Waals surface area (Å²) in [5.74, 6) is 0.137. The van der Waals surface area contributed by atoms with Crippen molar-refractivity contribution in [3.8, 4) is 5.75 Å². The van der Waals surface area contributed by atoms with Gasteiger partial charge in [-0.3, -0.25) is 4.79 Å². The molecule has 8 heteroatoms. The molecule has 0 radical (unpaired) electrons. The molecule has 1 amide bonds. The molecule has 0 aliphatic rings. The maximum absolute atomic E-state index is 12.7. The van der Waals surface area contributed by atoms with Crippen LogP contribution in [0.2, 0.25) is 0 Å². The van der Waals surface area contributed by atoms with E-state index in [0.29, 0.717) is 5.75 Å². The Hall–Kier alpha value is -2.68. The van der Waals surface area contributed by atoms with E-state index in [0.717, 1.165) is 15.6 Å². The molecular weight excluding hydrogens is 492 g/mol. The van der Waals surface area contributed by atoms with Crippen molar-refractivity contribution in [3.63, 3.8) is 0 Å². The van der Waals surface area contributed by atoms with Crippen LogP contribution in [0.5, 0.6) is 5.75 Å². The minimum absolute atomic E-state index is 0.125. The SMILES string of the molecule is C[C@H](NC(=O)COc1ccc(S(=O)(=O)N[C@H](C)c2ccccc2)cc1)c1cccc(Br)c1. The quantitative estimate of drug-likeness (QED) is 0.429. The van der Waals surface area contributed by atoms with Gasteiger partial charge in [0.05, 0.1) is 10.9 Å². The van der Waals surface area contributed by atoms with Gasteiger partial charge in [0.1, 0.15) is 5.75 Å². The summed E-state index contributed by atoms with van der Waals surface area (Å²) >= 11 is 3.42. The first-order valence-corrected chi connectivity index (χ1v) is 12.4. The van der Waals surface area contributed by atoms with Crippen molar-refractivity contribution in [1.29, 1.82) is 0 Å². The Morgan fingerprint density at radius 3 is 2.22 bits per heavy atom. The third-order valence-corrected chi connectivity index (χ3v) is 6.91. The van der Waals surface area contributed by atoms with Crippen molar-refractivity contribution in [2.75, 3.05) is 6.61 Å². The highest BCUT2D eigenvalue weighted by Gasteiger charge is 2.18. The highest BCUT2D eigenvalue weighted by atomic mass is 79.9. The highest BCUT2D eigenvalue weighted by molar-refractivity contribution is 9.10. The number of ether oxygens (including phenoxy) is 1. The van der Waals surface area contributed by atoms with Gasteiger partial charge in [-0.05, 0) is 61.4 Å². The van der Waals surface area contributed by atoms with Crippen LogP contribution < -0.4 is 14.8 Å². The molecule has 2 N–H and O–H groups in total. The third-order valence-electron chi connectivity index (χ3n) is 4.86. The molecule has 0 fully saturated rings. The molecule has 0 aliphatic carbocycles. The summed E-state index contributed by atoms with van der Waals surface area (Å²) in [6.45, 7) is 3.51. The summed E-state index contributed by atoms with van der Waals surface area (Å²) in [5.41, 5.74) is 1.85. The Bertz CT molecular complexity index is 1150. The van der Waals surface area contributed by atoms with Crippen LogP contribution in [-0.2, 0) is 14.8 Å². The van der Waals surface area contributed by atoms with Crippen molar-refractivity contribution in [2.45, 2.75) is 30.8 Å². The molecule has 0 bridgehead atoms. The summed E-state index contributed by atoms with van der Waals surface area (Å²) in [4.78, 5) is 12.3. The van der Waals surface area contributed by atoms with Crippen LogP contribution >= 0.6 is 15.9 Å². The predicted molar refractivity (Wildman–Crippen MR) is 128 cm³/mol. The molecule has 0 unspecified atom stereocenters. The summed E-state index contributed by atoms with van der Waals surface area (Å²) in [7, 11) is -3.69. The van der Waals surface area contributed by atoms with Crippen molar-refractivity contribution >= 4 is 31.9 Å². The monoisotopic (exact) mass is 516 g/mol. The number of carbonyl (C=O) groups excluding carboxylic acids is 1. The normalized spacial score (nSPS) is 13.2. The summed E-state index contributed by atoms with van der Waals surface area (Å²) in [6, 6.07) is 22.5. The first-order valence-electron chi connectivity index (χ1n) is 10.1. The molecule has 0 saturated heterocycles. The average Bonchev–Trinajstić information content (AvgIpc) is 2.78. The Morgan fingerprint density at radius 1 is 0.906 bits per heavy atom. The number of hydrogen-bond acceptors (Lipinski definition) is 4. The van der Waals surface area contributed by atoms with Gasteiger partial charge in [0.25, 0.3) is 5.91 Å². The number of amides is 1. The second-order valence-corrected chi connectivity index (χ2v) is 9.99. The lowest BCUT2D eigenvalue weighted by Crippen LogP contribution is -2.31. The molecule has 0 saturated carbocycles. The van der Waals surface area contributed by atoms with Crippen LogP contribution in [0, 0.1) is 0 Å². The smallest absolute Gasteiger partial charge is 0.258 e. The molecule has 32 heavy (non-hydrogen) atoms. The van der Waals surface area contributed by atoms with Gasteiger partial charge in [0, 0.05) is 10.5 Å². The van der Waals surface area contributed by atoms with Crippen molar-refractivity contribution in [1.82, 2.24) is 10.0 Å². The standard InChI is InChI=1S/C24H25BrN2O4S/c1-17(20-9-6-10-21(25)15-20)26-24(28)16-31-22-11-13-23(14-12-22)32(29,30)27-18(2)19-7-4-3-5-8-19/h3-15,17-18,27H,16H2,1-2H3,(H,26,28)/t17-,18+/m0/s1. The van der Waals surface area contributed by atoms with E-state index in [-0.39, 0.29) is 29.5 Å². The molecule has 3 aromatic rings. The second kappa shape index (κ2) is 10.8. The summed E-state index contributed by atoms with van der Waals surface area (Å²) in [5, 5.41) is 2.88. The van der Waals surface area contributed by atoms with E-state index in [1.54, 1.807) is 6.92 Å². The summed E-state index contributed by atoms with van der Waals surface area (Å²) in [6.07, 6.45) is 0. The number of rotatable bonds is 9. The first kappa shape index (κ1) is 24.0. The van der Waals surface area contributed by atoms with Crippen LogP contribution in [-0.4, -0.2) is 20.9 Å². The number of halogens is 1. The Balaban J connectivity index is 1.54. The molecule has 3 aromatic carbocycles. The maximum Gasteiger partial charge on any atom is 0.258 e. The van der Waals surface area contributed by atoms with E-state index in [1.165, 1.54) is 24.3 Å². The molecule has 0 heterocycles. The van der Waals surface area contributed by atoms with Crippen LogP contribution in [0.4, 0.5) is 0 Å². The second-order valence-electron chi connectivity index (χ2n) is 7.36. The minimum Gasteiger partial charge on any atom is -0.484 e. The highest BCUT2D eigenvalue weighted by Crippen LogP contribution is 2.20. The van der Waals surface area contributed by atoms with E-state index in [2.05, 4.69) is 26.0 Å². The molecule has 6 nitrogen and oxygen atoms in total. The Morgan fingerprint density at radius 2 is 1.56 bits per heavy atom. The van der Waals surface area contributed by atoms with E-state index in [4.69, 9.17) is 4.74 Å². The van der Waals surface area contributed by atoms with Crippen molar-refractivity contribution in [3.05, 3.63) is 94.5 Å². The van der Waals surface area contributed by atoms with Crippen molar-refractivity contribution < 1.29 is 17.9 Å². The zero-order valence-electron chi connectivity index (χ0n) is 17.8. The number of hydrogen-bond donors (Lipinski definition) is 2. The molecule has 0 aliphatic heterocycles. The molecule has 168 valence electrons. The molecule has 3 rings (SSSR count). The van der Waals surface area contributed by atoms with Gasteiger partial charge in [-0.25, -0.2) is 13.1 Å². The van der Waals surface area contributed by atoms with E-state index >= 15 is 0 Å². The van der Waals surface area contributed by atoms with Gasteiger partial charge in [-0.2, -0.15) is 0 Å². The number of sulfonamides is 1. The minimum atomic E-state index is -3.69. The van der Waals surface area contributed by atoms with Gasteiger partial charge < -0.3 is 10.1 Å².